The number of sulfone groups is 1. The molecule has 5 nitrogen and oxygen atoms in total. The van der Waals surface area contributed by atoms with Crippen LogP contribution in [0.25, 0.3) is 10.9 Å². The molecule has 0 amide bonds. The van der Waals surface area contributed by atoms with E-state index in [2.05, 4.69) is 4.98 Å². The van der Waals surface area contributed by atoms with E-state index in [4.69, 9.17) is 4.99 Å². The molecule has 0 saturated heterocycles. The first-order valence-electron chi connectivity index (χ1n) is 9.35. The molecule has 1 fully saturated rings. The van der Waals surface area contributed by atoms with Gasteiger partial charge in [0.25, 0.3) is 0 Å². The van der Waals surface area contributed by atoms with Crippen LogP contribution in [0.3, 0.4) is 0 Å². The molecule has 1 aliphatic carbocycles. The van der Waals surface area contributed by atoms with E-state index < -0.39 is 15.4 Å². The maximum absolute atomic E-state index is 14.0. The number of halogens is 1. The number of benzene rings is 1. The predicted molar refractivity (Wildman–Crippen MR) is 106 cm³/mol. The van der Waals surface area contributed by atoms with Crippen LogP contribution in [-0.2, 0) is 16.4 Å². The van der Waals surface area contributed by atoms with Gasteiger partial charge in [0.1, 0.15) is 16.4 Å². The number of para-hydroxylation sites is 1. The van der Waals surface area contributed by atoms with E-state index in [0.29, 0.717) is 28.2 Å². The highest BCUT2D eigenvalue weighted by Crippen LogP contribution is 2.37. The van der Waals surface area contributed by atoms with Gasteiger partial charge in [0.2, 0.25) is 0 Å². The van der Waals surface area contributed by atoms with Gasteiger partial charge >= 0.3 is 0 Å². The van der Waals surface area contributed by atoms with Crippen LogP contribution in [0.4, 0.5) is 4.39 Å². The average Bonchev–Trinajstić information content (AvgIpc) is 3.41. The van der Waals surface area contributed by atoms with Gasteiger partial charge in [-0.15, -0.1) is 0 Å². The number of fused-ring (bicyclic) bond motifs is 2. The molecule has 0 bridgehead atoms. The molecule has 0 radical (unpaired) electrons. The average molecular weight is 397 g/mol. The van der Waals surface area contributed by atoms with Gasteiger partial charge in [-0.1, -0.05) is 12.1 Å². The summed E-state index contributed by atoms with van der Waals surface area (Å²) in [7, 11) is -3.32. The number of rotatable bonds is 3. The van der Waals surface area contributed by atoms with Crippen LogP contribution in [0.15, 0.2) is 52.6 Å². The van der Waals surface area contributed by atoms with Gasteiger partial charge < -0.3 is 4.57 Å². The first-order valence-corrected chi connectivity index (χ1v) is 10.9. The van der Waals surface area contributed by atoms with Crippen molar-refractivity contribution in [3.63, 3.8) is 0 Å². The van der Waals surface area contributed by atoms with Crippen LogP contribution in [0.2, 0.25) is 0 Å². The Morgan fingerprint density at radius 3 is 2.71 bits per heavy atom. The minimum atomic E-state index is -3.32. The summed E-state index contributed by atoms with van der Waals surface area (Å²) in [6.07, 6.45) is 3.07. The third-order valence-corrected chi connectivity index (χ3v) is 7.62. The number of hydrogen-bond acceptors (Lipinski definition) is 4. The normalized spacial score (nSPS) is 18.8. The second-order valence-corrected chi connectivity index (χ2v) is 10.4. The van der Waals surface area contributed by atoms with Crippen molar-refractivity contribution in [2.45, 2.75) is 49.0 Å². The molecule has 0 unspecified atom stereocenters. The van der Waals surface area contributed by atoms with E-state index in [9.17, 15) is 12.8 Å². The summed E-state index contributed by atoms with van der Waals surface area (Å²) in [5.74, 6) is -0.365. The standard InChI is InChI=1S/C21H20FN3O2S/c1-21(2)12-25-17(8-9-18(25)28(26,27)15-6-7-15)20(24-21)14-10-13-4-3-5-16(22)19(13)23-11-14/h3-5,8-11,15H,6-7,12H2,1-2H3. The zero-order valence-electron chi connectivity index (χ0n) is 15.7. The van der Waals surface area contributed by atoms with E-state index in [1.165, 1.54) is 6.07 Å². The molecule has 2 aromatic heterocycles. The monoisotopic (exact) mass is 397 g/mol. The molecular weight excluding hydrogens is 377 g/mol. The number of aromatic nitrogens is 2. The first-order chi connectivity index (χ1) is 13.3. The fraction of sp³-hybridized carbons (Fsp3) is 0.333. The molecule has 2 aliphatic rings. The smallest absolute Gasteiger partial charge is 0.196 e. The van der Waals surface area contributed by atoms with E-state index in [1.54, 1.807) is 18.3 Å². The van der Waals surface area contributed by atoms with Crippen molar-refractivity contribution < 1.29 is 12.8 Å². The summed E-state index contributed by atoms with van der Waals surface area (Å²) in [4.78, 5) is 9.17. The molecule has 144 valence electrons. The van der Waals surface area contributed by atoms with Crippen molar-refractivity contribution in [2.75, 3.05) is 0 Å². The Labute approximate surface area is 162 Å². The lowest BCUT2D eigenvalue weighted by molar-refractivity contribution is 0.406. The summed E-state index contributed by atoms with van der Waals surface area (Å²) < 4.78 is 41.6. The molecule has 3 heterocycles. The number of aliphatic imine (C=N–C) groups is 1. The van der Waals surface area contributed by atoms with Crippen LogP contribution in [0, 0.1) is 5.82 Å². The highest BCUT2D eigenvalue weighted by atomic mass is 32.2. The third kappa shape index (κ3) is 2.68. The van der Waals surface area contributed by atoms with Gasteiger partial charge in [0, 0.05) is 23.7 Å². The van der Waals surface area contributed by atoms with Crippen molar-refractivity contribution in [1.82, 2.24) is 9.55 Å². The minimum absolute atomic E-state index is 0.262. The highest BCUT2D eigenvalue weighted by Gasteiger charge is 2.41. The molecule has 7 heteroatoms. The van der Waals surface area contributed by atoms with Crippen molar-refractivity contribution in [2.24, 2.45) is 4.99 Å². The molecule has 28 heavy (non-hydrogen) atoms. The Hall–Kier alpha value is -2.54. The summed E-state index contributed by atoms with van der Waals surface area (Å²) in [5.41, 5.74) is 2.05. The molecule has 1 aromatic carbocycles. The van der Waals surface area contributed by atoms with Gasteiger partial charge in [0.15, 0.2) is 9.84 Å². The Morgan fingerprint density at radius 1 is 1.18 bits per heavy atom. The van der Waals surface area contributed by atoms with Gasteiger partial charge in [0.05, 0.1) is 22.2 Å². The second-order valence-electron chi connectivity index (χ2n) is 8.20. The van der Waals surface area contributed by atoms with Crippen LogP contribution in [-0.4, -0.2) is 34.5 Å². The summed E-state index contributed by atoms with van der Waals surface area (Å²) in [5, 5.41) is 0.792. The lowest BCUT2D eigenvalue weighted by Crippen LogP contribution is -2.35. The molecule has 3 aromatic rings. The Bertz CT molecular complexity index is 1250. The summed E-state index contributed by atoms with van der Waals surface area (Å²) in [6.45, 7) is 4.46. The Balaban J connectivity index is 1.69. The summed E-state index contributed by atoms with van der Waals surface area (Å²) in [6, 6.07) is 10.2. The largest absolute Gasteiger partial charge is 0.328 e. The van der Waals surface area contributed by atoms with E-state index in [0.717, 1.165) is 24.1 Å². The SMILES string of the molecule is CC1(C)Cn2c(ccc2S(=O)(=O)C2CC2)C(c2cnc3c(F)cccc3c2)=N1. The lowest BCUT2D eigenvalue weighted by atomic mass is 9.99. The topological polar surface area (TPSA) is 64.3 Å². The van der Waals surface area contributed by atoms with Crippen LogP contribution in [0.1, 0.15) is 37.9 Å². The molecule has 1 saturated carbocycles. The fourth-order valence-electron chi connectivity index (χ4n) is 3.86. The Kier molecular flexibility index (Phi) is 3.59. The highest BCUT2D eigenvalue weighted by molar-refractivity contribution is 7.92. The zero-order chi connectivity index (χ0) is 19.7. The van der Waals surface area contributed by atoms with Gasteiger partial charge in [-0.25, -0.2) is 12.8 Å². The second kappa shape index (κ2) is 5.73. The minimum Gasteiger partial charge on any atom is -0.328 e. The quantitative estimate of drug-likeness (QED) is 0.676. The first kappa shape index (κ1) is 17.6. The molecule has 0 N–H and O–H groups in total. The van der Waals surface area contributed by atoms with E-state index >= 15 is 0 Å². The van der Waals surface area contributed by atoms with Crippen LogP contribution >= 0.6 is 0 Å². The number of pyridine rings is 1. The molecular formula is C21H20FN3O2S. The number of hydrogen-bond donors (Lipinski definition) is 0. The molecule has 5 rings (SSSR count). The van der Waals surface area contributed by atoms with Crippen molar-refractivity contribution in [1.29, 1.82) is 0 Å². The van der Waals surface area contributed by atoms with Crippen LogP contribution < -0.4 is 0 Å². The van der Waals surface area contributed by atoms with Gasteiger partial charge in [-0.3, -0.25) is 9.98 Å². The Morgan fingerprint density at radius 2 is 1.96 bits per heavy atom. The van der Waals surface area contributed by atoms with Gasteiger partial charge in [-0.2, -0.15) is 0 Å². The summed E-state index contributed by atoms with van der Waals surface area (Å²) >= 11 is 0. The molecule has 0 atom stereocenters. The fourth-order valence-corrected chi connectivity index (χ4v) is 5.69. The van der Waals surface area contributed by atoms with Crippen molar-refractivity contribution in [3.8, 4) is 0 Å². The predicted octanol–water partition coefficient (Wildman–Crippen LogP) is 3.74. The lowest BCUT2D eigenvalue weighted by Gasteiger charge is -2.30. The van der Waals surface area contributed by atoms with E-state index in [1.807, 2.05) is 36.6 Å². The third-order valence-electron chi connectivity index (χ3n) is 5.33. The van der Waals surface area contributed by atoms with E-state index in [-0.39, 0.29) is 11.1 Å². The van der Waals surface area contributed by atoms with Crippen LogP contribution in [0.5, 0.6) is 0 Å². The van der Waals surface area contributed by atoms with Gasteiger partial charge in [-0.05, 0) is 51.0 Å². The van der Waals surface area contributed by atoms with Crippen molar-refractivity contribution in [3.05, 3.63) is 59.7 Å². The number of nitrogens with zero attached hydrogens (tertiary/aromatic N) is 3. The maximum Gasteiger partial charge on any atom is 0.196 e. The molecule has 1 aliphatic heterocycles. The molecule has 0 spiro atoms. The maximum atomic E-state index is 14.0. The zero-order valence-corrected chi connectivity index (χ0v) is 16.5. The van der Waals surface area contributed by atoms with Crippen molar-refractivity contribution >= 4 is 26.5 Å².